The van der Waals surface area contributed by atoms with Crippen LogP contribution in [0.2, 0.25) is 0 Å². The Balaban J connectivity index is 1.07. The molecular formula is C59H96O26. The summed E-state index contributed by atoms with van der Waals surface area (Å²) >= 11 is 0. The van der Waals surface area contributed by atoms with Crippen LogP contribution in [-0.4, -0.2) is 256 Å². The zero-order chi connectivity index (χ0) is 62.7. The molecule has 0 aromatic heterocycles. The number of rotatable bonds is 15. The fourth-order valence-electron chi connectivity index (χ4n) is 17.4. The Kier molecular flexibility index (Phi) is 19.3. The minimum atomic E-state index is -2.29. The summed E-state index contributed by atoms with van der Waals surface area (Å²) in [5.74, 6) is -3.54. The van der Waals surface area contributed by atoms with Crippen molar-refractivity contribution in [1.82, 2.24) is 0 Å². The molecule has 5 aliphatic carbocycles. The fourth-order valence-corrected chi connectivity index (χ4v) is 17.4. The maximum Gasteiger partial charge on any atom is 0.335 e. The molecule has 488 valence electrons. The number of carbonyl (C=O) groups is 2. The summed E-state index contributed by atoms with van der Waals surface area (Å²) in [5, 5.41) is 168. The summed E-state index contributed by atoms with van der Waals surface area (Å²) in [4.78, 5) is 27.1. The van der Waals surface area contributed by atoms with Crippen LogP contribution in [0.25, 0.3) is 0 Å². The number of ether oxygens (including phenoxy) is 9. The molecule has 4 saturated heterocycles. The molecule has 0 aromatic rings. The van der Waals surface area contributed by atoms with Crippen LogP contribution >= 0.6 is 0 Å². The quantitative estimate of drug-likeness (QED) is 0.0482. The first-order valence-corrected chi connectivity index (χ1v) is 30.4. The fraction of sp³-hybridized carbons (Fsp3) is 0.932. The number of aliphatic carboxylic acids is 1. The molecule has 85 heavy (non-hydrogen) atoms. The summed E-state index contributed by atoms with van der Waals surface area (Å²) in [7, 11) is 0. The SMILES string of the molecule is CC[C@@H](C)C(=O)O[C@@H]1[C@H](O)[C@]2(C)C(=CC[C@@H]3[C@@]4(C)CC[C@H](O[C@@H]5O[C@H](C(=O)O)[C@@H](O)[C@H](O[C@@H]6O[C@H](CO)[C@H](O)[C@H](O)[C@H]6O[C@@H]6O[C@@H](C)[C@H](O)[C@@H](O)[C@H]6O)[C@H]5O[C@@H]5O[C@H](CO)[C@@H](O)[C@H](O)[C@H]5O)C(C)(C)[C@H]4CC[C@]32C)[C@@H]2CC(C)(C)C[C@H](O)[C@]12CO. The van der Waals surface area contributed by atoms with Gasteiger partial charge in [-0.1, -0.05) is 74.0 Å². The number of carboxylic acid groups (broad SMARTS) is 1. The third-order valence-corrected chi connectivity index (χ3v) is 22.8. The van der Waals surface area contributed by atoms with Crippen LogP contribution in [-0.2, 0) is 52.2 Å². The minimum absolute atomic E-state index is 0.132. The minimum Gasteiger partial charge on any atom is -0.479 e. The number of carboxylic acids is 1. The van der Waals surface area contributed by atoms with E-state index in [1.807, 2.05) is 27.7 Å². The zero-order valence-corrected chi connectivity index (χ0v) is 50.2. The van der Waals surface area contributed by atoms with Gasteiger partial charge in [0.15, 0.2) is 31.3 Å². The average molecular weight is 1220 g/mol. The van der Waals surface area contributed by atoms with E-state index in [0.717, 1.165) is 5.57 Å². The van der Waals surface area contributed by atoms with E-state index in [1.165, 1.54) is 6.92 Å². The predicted molar refractivity (Wildman–Crippen MR) is 289 cm³/mol. The van der Waals surface area contributed by atoms with Gasteiger partial charge in [-0.3, -0.25) is 4.79 Å². The van der Waals surface area contributed by atoms with Gasteiger partial charge < -0.3 is 119 Å². The molecule has 0 radical (unpaired) electrons. The topological polar surface area (TPSA) is 421 Å². The standard InChI is InChI=1S/C59H96O26/c1-11-23(2)49(76)85-47-46(73)58(10)25(26-18-54(4,5)19-31(63)59(26,47)22-62)12-13-30-56(8)16-15-32(55(6,7)29(56)14-17-57(30,58)9)80-53-45(84-51-40(71)37(68)34(65)27(20-60)78-51)42(41(72)43(82-53)48(74)75)81-52-44(38(69)35(66)28(21-61)79-52)83-50-39(70)36(67)33(64)24(3)77-50/h12,23-24,26-47,50-53,60-73H,11,13-22H2,1-10H3,(H,74,75)/t23-,24+,26+,27-,28-,29-,30-,31+,32+,33+,34-,35+,36-,37+,38+,39-,40-,41+,42+,43+,44-,45-,46+,47-,50+,51+,52+,53-,56+,57-,58+,59-/m1/s1. The van der Waals surface area contributed by atoms with Gasteiger partial charge in [0, 0.05) is 5.41 Å². The third kappa shape index (κ3) is 10.9. The molecule has 0 unspecified atom stereocenters. The number of esters is 1. The van der Waals surface area contributed by atoms with Crippen LogP contribution in [0.15, 0.2) is 11.6 Å². The van der Waals surface area contributed by atoms with Crippen LogP contribution in [0.5, 0.6) is 0 Å². The molecule has 4 saturated carbocycles. The van der Waals surface area contributed by atoms with Crippen LogP contribution in [0, 0.1) is 56.2 Å². The lowest BCUT2D eigenvalue weighted by atomic mass is 9.32. The highest BCUT2D eigenvalue weighted by molar-refractivity contribution is 5.73. The van der Waals surface area contributed by atoms with Crippen molar-refractivity contribution in [1.29, 1.82) is 0 Å². The Bertz CT molecular complexity index is 2390. The predicted octanol–water partition coefficient (Wildman–Crippen LogP) is -1.93. The highest BCUT2D eigenvalue weighted by atomic mass is 16.8. The molecule has 8 fully saturated rings. The molecule has 0 aromatic carbocycles. The van der Waals surface area contributed by atoms with E-state index in [-0.39, 0.29) is 23.7 Å². The Morgan fingerprint density at radius 1 is 0.635 bits per heavy atom. The largest absolute Gasteiger partial charge is 0.479 e. The van der Waals surface area contributed by atoms with E-state index in [9.17, 15) is 86.2 Å². The summed E-state index contributed by atoms with van der Waals surface area (Å²) < 4.78 is 55.5. The molecule has 0 bridgehead atoms. The molecule has 4 heterocycles. The van der Waals surface area contributed by atoms with Gasteiger partial charge in [0.1, 0.15) is 97.7 Å². The van der Waals surface area contributed by atoms with Gasteiger partial charge in [-0.15, -0.1) is 0 Å². The maximum absolute atomic E-state index is 13.9. The zero-order valence-electron chi connectivity index (χ0n) is 50.2. The molecule has 26 nitrogen and oxygen atoms in total. The molecule has 4 aliphatic heterocycles. The number of fused-ring (bicyclic) bond motifs is 7. The van der Waals surface area contributed by atoms with Crippen molar-refractivity contribution >= 4 is 11.9 Å². The maximum atomic E-state index is 13.9. The molecule has 9 rings (SSSR count). The first-order valence-electron chi connectivity index (χ1n) is 30.4. The second-order valence-corrected chi connectivity index (χ2v) is 28.3. The van der Waals surface area contributed by atoms with Crippen molar-refractivity contribution in [3.63, 3.8) is 0 Å². The van der Waals surface area contributed by atoms with Crippen molar-refractivity contribution in [2.75, 3.05) is 19.8 Å². The number of carbonyl (C=O) groups excluding carboxylic acids is 1. The number of aliphatic hydroxyl groups excluding tert-OH is 14. The van der Waals surface area contributed by atoms with E-state index < -0.39 is 218 Å². The van der Waals surface area contributed by atoms with E-state index in [2.05, 4.69) is 33.8 Å². The van der Waals surface area contributed by atoms with Crippen LogP contribution in [0.3, 0.4) is 0 Å². The Hall–Kier alpha value is -2.20. The van der Waals surface area contributed by atoms with Crippen molar-refractivity contribution in [2.45, 2.75) is 268 Å². The second-order valence-electron chi connectivity index (χ2n) is 28.3. The van der Waals surface area contributed by atoms with Gasteiger partial charge >= 0.3 is 11.9 Å². The number of hydrogen-bond donors (Lipinski definition) is 15. The first-order chi connectivity index (χ1) is 39.7. The molecular weight excluding hydrogens is 1120 g/mol. The van der Waals surface area contributed by atoms with Crippen LogP contribution in [0.4, 0.5) is 0 Å². The molecule has 0 spiro atoms. The van der Waals surface area contributed by atoms with E-state index in [4.69, 9.17) is 42.6 Å². The van der Waals surface area contributed by atoms with E-state index in [1.54, 1.807) is 6.92 Å². The van der Waals surface area contributed by atoms with Crippen molar-refractivity contribution in [2.24, 2.45) is 56.2 Å². The average Bonchev–Trinajstić information content (AvgIpc) is 0.696. The summed E-state index contributed by atoms with van der Waals surface area (Å²) in [6.45, 7) is 17.2. The summed E-state index contributed by atoms with van der Waals surface area (Å²) in [5.41, 5.74) is -3.90. The normalized spacial score (nSPS) is 52.5. The van der Waals surface area contributed by atoms with Crippen LogP contribution < -0.4 is 0 Å². The lowest BCUT2D eigenvalue weighted by Crippen LogP contribution is -2.74. The Morgan fingerprint density at radius 3 is 1.80 bits per heavy atom. The van der Waals surface area contributed by atoms with Crippen molar-refractivity contribution in [3.05, 3.63) is 11.6 Å². The van der Waals surface area contributed by atoms with Gasteiger partial charge in [-0.05, 0) is 97.7 Å². The monoisotopic (exact) mass is 1220 g/mol. The number of allylic oxidation sites excluding steroid dienone is 1. The van der Waals surface area contributed by atoms with Gasteiger partial charge in [-0.25, -0.2) is 4.79 Å². The molecule has 9 aliphatic rings. The molecule has 32 atom stereocenters. The molecule has 15 N–H and O–H groups in total. The van der Waals surface area contributed by atoms with E-state index in [0.29, 0.717) is 44.9 Å². The van der Waals surface area contributed by atoms with Crippen molar-refractivity contribution < 1.29 is 129 Å². The lowest BCUT2D eigenvalue weighted by Gasteiger charge is -2.73. The van der Waals surface area contributed by atoms with Gasteiger partial charge in [0.05, 0.1) is 49.5 Å². The van der Waals surface area contributed by atoms with Gasteiger partial charge in [0.2, 0.25) is 0 Å². The highest BCUT2D eigenvalue weighted by Crippen LogP contribution is 2.76. The van der Waals surface area contributed by atoms with Gasteiger partial charge in [0.25, 0.3) is 0 Å². The lowest BCUT2D eigenvalue weighted by molar-refractivity contribution is -0.406. The van der Waals surface area contributed by atoms with Crippen molar-refractivity contribution in [3.8, 4) is 0 Å². The summed E-state index contributed by atoms with van der Waals surface area (Å²) in [6.07, 6.45) is -36.7. The smallest absolute Gasteiger partial charge is 0.335 e. The number of aliphatic hydroxyl groups is 14. The number of hydrogen-bond acceptors (Lipinski definition) is 25. The van der Waals surface area contributed by atoms with Crippen LogP contribution in [0.1, 0.15) is 121 Å². The van der Waals surface area contributed by atoms with E-state index >= 15 is 0 Å². The second kappa shape index (κ2) is 24.4. The Labute approximate surface area is 494 Å². The highest BCUT2D eigenvalue weighted by Gasteiger charge is 2.75. The molecule has 0 amide bonds. The Morgan fingerprint density at radius 2 is 1.20 bits per heavy atom. The first kappa shape index (κ1) is 67.2. The van der Waals surface area contributed by atoms with Gasteiger partial charge in [-0.2, -0.15) is 0 Å². The third-order valence-electron chi connectivity index (χ3n) is 22.8. The molecule has 26 heteroatoms. The summed E-state index contributed by atoms with van der Waals surface area (Å²) in [6, 6.07) is 0.